The van der Waals surface area contributed by atoms with Gasteiger partial charge in [-0.05, 0) is 25.8 Å². The van der Waals surface area contributed by atoms with Crippen LogP contribution in [0.4, 0.5) is 0 Å². The van der Waals surface area contributed by atoms with E-state index < -0.39 is 0 Å². The molecule has 0 aromatic heterocycles. The van der Waals surface area contributed by atoms with Crippen LogP contribution in [-0.2, 0) is 0 Å². The number of rotatable bonds is 1. The lowest BCUT2D eigenvalue weighted by Crippen LogP contribution is -2.47. The molecule has 0 spiro atoms. The highest BCUT2D eigenvalue weighted by molar-refractivity contribution is 5.45. The number of allylic oxidation sites excluding steroid dienone is 4. The van der Waals surface area contributed by atoms with Crippen molar-refractivity contribution < 1.29 is 0 Å². The summed E-state index contributed by atoms with van der Waals surface area (Å²) in [6.45, 7) is 9.23. The normalized spacial score (nSPS) is 43.5. The van der Waals surface area contributed by atoms with E-state index in [-0.39, 0.29) is 0 Å². The monoisotopic (exact) mass is 230 g/mol. The molecule has 2 nitrogen and oxygen atoms in total. The Morgan fingerprint density at radius 2 is 2.06 bits per heavy atom. The fourth-order valence-corrected chi connectivity index (χ4v) is 4.07. The molecule has 0 aromatic rings. The van der Waals surface area contributed by atoms with Crippen LogP contribution in [0.2, 0.25) is 0 Å². The molecule has 2 aliphatic heterocycles. The molecule has 92 valence electrons. The van der Waals surface area contributed by atoms with Gasteiger partial charge in [0.1, 0.15) is 6.17 Å². The van der Waals surface area contributed by atoms with Gasteiger partial charge in [0.25, 0.3) is 0 Å². The first kappa shape index (κ1) is 10.9. The van der Waals surface area contributed by atoms with Gasteiger partial charge >= 0.3 is 0 Å². The molecule has 1 aliphatic carbocycles. The molecule has 0 aromatic carbocycles. The Morgan fingerprint density at radius 1 is 1.35 bits per heavy atom. The van der Waals surface area contributed by atoms with Crippen LogP contribution in [0.1, 0.15) is 34.1 Å². The van der Waals surface area contributed by atoms with E-state index in [9.17, 15) is 0 Å². The van der Waals surface area contributed by atoms with Crippen molar-refractivity contribution in [3.63, 3.8) is 0 Å². The van der Waals surface area contributed by atoms with Crippen LogP contribution in [0, 0.1) is 10.8 Å². The molecule has 0 saturated heterocycles. The van der Waals surface area contributed by atoms with Crippen LogP contribution in [-0.4, -0.2) is 23.0 Å². The molecular weight excluding hydrogens is 208 g/mol. The molecule has 1 fully saturated rings. The van der Waals surface area contributed by atoms with Gasteiger partial charge in [-0.2, -0.15) is 0 Å². The summed E-state index contributed by atoms with van der Waals surface area (Å²) >= 11 is 0. The van der Waals surface area contributed by atoms with E-state index in [1.54, 1.807) is 0 Å². The third-order valence-corrected chi connectivity index (χ3v) is 5.24. The summed E-state index contributed by atoms with van der Waals surface area (Å²) in [6, 6.07) is 0. The molecule has 3 rings (SSSR count). The Labute approximate surface area is 104 Å². The van der Waals surface area contributed by atoms with Crippen LogP contribution in [0.3, 0.4) is 0 Å². The van der Waals surface area contributed by atoms with E-state index in [4.69, 9.17) is 0 Å². The molecule has 0 bridgehead atoms. The molecule has 0 amide bonds. The highest BCUT2D eigenvalue weighted by Crippen LogP contribution is 2.73. The Bertz CT molecular complexity index is 460. The summed E-state index contributed by atoms with van der Waals surface area (Å²) in [5, 5.41) is 0. The topological polar surface area (TPSA) is 6.48 Å². The molecule has 3 aliphatic rings. The van der Waals surface area contributed by atoms with Crippen molar-refractivity contribution in [3.05, 3.63) is 35.8 Å². The summed E-state index contributed by atoms with van der Waals surface area (Å²) in [4.78, 5) is 4.81. The lowest BCUT2D eigenvalue weighted by atomic mass is 9.81. The van der Waals surface area contributed by atoms with Crippen LogP contribution < -0.4 is 0 Å². The predicted octanol–water partition coefficient (Wildman–Crippen LogP) is 3.31. The predicted molar refractivity (Wildman–Crippen MR) is 70.9 cm³/mol. The zero-order valence-corrected chi connectivity index (χ0v) is 11.5. The first-order valence-electron chi connectivity index (χ1n) is 6.48. The molecule has 0 radical (unpaired) electrons. The van der Waals surface area contributed by atoms with Crippen molar-refractivity contribution >= 4 is 0 Å². The minimum Gasteiger partial charge on any atom is -0.358 e. The first-order valence-corrected chi connectivity index (χ1v) is 6.48. The van der Waals surface area contributed by atoms with Gasteiger partial charge in [0.15, 0.2) is 0 Å². The molecule has 2 heterocycles. The van der Waals surface area contributed by atoms with E-state index >= 15 is 0 Å². The summed E-state index contributed by atoms with van der Waals surface area (Å²) < 4.78 is 0. The minimum atomic E-state index is 0.366. The lowest BCUT2D eigenvalue weighted by Gasteiger charge is -2.43. The Kier molecular flexibility index (Phi) is 1.92. The minimum absolute atomic E-state index is 0.366. The zero-order valence-electron chi connectivity index (χ0n) is 11.5. The standard InChI is InChI=1S/C15H22N2/c1-6-7-12-11(2)17-9-8-16(5)13(17)15(4)10-14(12,15)3/h6-9,13H,10H2,1-5H3/b7-6-. The van der Waals surface area contributed by atoms with Crippen molar-refractivity contribution in [2.24, 2.45) is 10.8 Å². The van der Waals surface area contributed by atoms with Crippen molar-refractivity contribution in [1.29, 1.82) is 0 Å². The number of fused-ring (bicyclic) bond motifs is 3. The second-order valence-electron chi connectivity index (χ2n) is 6.17. The van der Waals surface area contributed by atoms with Gasteiger partial charge < -0.3 is 9.80 Å². The Balaban J connectivity index is 2.15. The maximum absolute atomic E-state index is 2.45. The Hall–Kier alpha value is -1.18. The summed E-state index contributed by atoms with van der Waals surface area (Å²) in [5.41, 5.74) is 3.70. The quantitative estimate of drug-likeness (QED) is 0.682. The van der Waals surface area contributed by atoms with Gasteiger partial charge in [-0.1, -0.05) is 26.0 Å². The third-order valence-electron chi connectivity index (χ3n) is 5.24. The highest BCUT2D eigenvalue weighted by Gasteiger charge is 2.71. The molecule has 0 N–H and O–H groups in total. The van der Waals surface area contributed by atoms with Crippen molar-refractivity contribution in [2.75, 3.05) is 7.05 Å². The maximum atomic E-state index is 2.45. The largest absolute Gasteiger partial charge is 0.358 e. The Morgan fingerprint density at radius 3 is 2.71 bits per heavy atom. The fraction of sp³-hybridized carbons (Fsp3) is 0.600. The van der Waals surface area contributed by atoms with Crippen LogP contribution in [0.5, 0.6) is 0 Å². The van der Waals surface area contributed by atoms with Crippen LogP contribution in [0.25, 0.3) is 0 Å². The fourth-order valence-electron chi connectivity index (χ4n) is 4.07. The lowest BCUT2D eigenvalue weighted by molar-refractivity contribution is 0.0940. The summed E-state index contributed by atoms with van der Waals surface area (Å²) in [7, 11) is 2.19. The second-order valence-corrected chi connectivity index (χ2v) is 6.17. The molecular formula is C15H22N2. The number of nitrogens with zero attached hydrogens (tertiary/aromatic N) is 2. The van der Waals surface area contributed by atoms with Crippen LogP contribution >= 0.6 is 0 Å². The van der Waals surface area contributed by atoms with Crippen molar-refractivity contribution in [1.82, 2.24) is 9.80 Å². The summed E-state index contributed by atoms with van der Waals surface area (Å²) in [6.07, 6.45) is 10.7. The number of hydrogen-bond acceptors (Lipinski definition) is 2. The number of hydrogen-bond donors (Lipinski definition) is 0. The van der Waals surface area contributed by atoms with Gasteiger partial charge in [0, 0.05) is 36.0 Å². The molecule has 1 saturated carbocycles. The smallest absolute Gasteiger partial charge is 0.111 e. The molecule has 3 unspecified atom stereocenters. The van der Waals surface area contributed by atoms with E-state index in [1.165, 1.54) is 17.7 Å². The van der Waals surface area contributed by atoms with Gasteiger partial charge in [-0.25, -0.2) is 0 Å². The summed E-state index contributed by atoms with van der Waals surface area (Å²) in [5.74, 6) is 0. The average molecular weight is 230 g/mol. The maximum Gasteiger partial charge on any atom is 0.111 e. The molecule has 2 heteroatoms. The van der Waals surface area contributed by atoms with Gasteiger partial charge in [-0.3, -0.25) is 0 Å². The van der Waals surface area contributed by atoms with E-state index in [0.29, 0.717) is 17.0 Å². The van der Waals surface area contributed by atoms with Gasteiger partial charge in [0.2, 0.25) is 0 Å². The van der Waals surface area contributed by atoms with Crippen LogP contribution in [0.15, 0.2) is 35.8 Å². The van der Waals surface area contributed by atoms with Gasteiger partial charge in [-0.15, -0.1) is 0 Å². The van der Waals surface area contributed by atoms with E-state index in [0.717, 1.165) is 0 Å². The SMILES string of the molecule is C/C=C\C1=C(C)N2C=CN(C)C2C2(C)CC12C. The van der Waals surface area contributed by atoms with Crippen molar-refractivity contribution in [3.8, 4) is 0 Å². The van der Waals surface area contributed by atoms with Crippen molar-refractivity contribution in [2.45, 2.75) is 40.3 Å². The zero-order chi connectivity index (χ0) is 12.4. The molecule has 17 heavy (non-hydrogen) atoms. The second kappa shape index (κ2) is 2.98. The van der Waals surface area contributed by atoms with Gasteiger partial charge in [0.05, 0.1) is 0 Å². The first-order chi connectivity index (χ1) is 7.95. The van der Waals surface area contributed by atoms with E-state index in [2.05, 4.69) is 69.1 Å². The molecule has 3 atom stereocenters. The highest BCUT2D eigenvalue weighted by atomic mass is 15.4. The third kappa shape index (κ3) is 1.07. The van der Waals surface area contributed by atoms with E-state index in [1.807, 2.05) is 0 Å². The average Bonchev–Trinajstić information content (AvgIpc) is 2.66.